The third kappa shape index (κ3) is 3.42. The zero-order valence-electron chi connectivity index (χ0n) is 13.3. The van der Waals surface area contributed by atoms with Crippen LogP contribution in [-0.2, 0) is 11.3 Å². The lowest BCUT2D eigenvalue weighted by molar-refractivity contribution is 0.00893. The Kier molecular flexibility index (Phi) is 4.60. The van der Waals surface area contributed by atoms with Crippen molar-refractivity contribution in [2.45, 2.75) is 31.5 Å². The summed E-state index contributed by atoms with van der Waals surface area (Å²) in [5.74, 6) is 0. The van der Waals surface area contributed by atoms with Gasteiger partial charge >= 0.3 is 0 Å². The number of morpholine rings is 1. The highest BCUT2D eigenvalue weighted by atomic mass is 32.1. The molecule has 0 aromatic carbocycles. The van der Waals surface area contributed by atoms with Crippen molar-refractivity contribution in [3.8, 4) is 0 Å². The number of aromatic nitrogens is 1. The number of fused-ring (bicyclic) bond motifs is 1. The summed E-state index contributed by atoms with van der Waals surface area (Å²) in [6.45, 7) is 5.11. The van der Waals surface area contributed by atoms with E-state index >= 15 is 0 Å². The Morgan fingerprint density at radius 3 is 3.00 bits per heavy atom. The summed E-state index contributed by atoms with van der Waals surface area (Å²) in [6.07, 6.45) is 6.44. The van der Waals surface area contributed by atoms with Crippen molar-refractivity contribution in [2.75, 3.05) is 31.1 Å². The molecule has 0 saturated carbocycles. The van der Waals surface area contributed by atoms with Gasteiger partial charge in [-0.3, -0.25) is 9.88 Å². The summed E-state index contributed by atoms with van der Waals surface area (Å²) in [6, 6.07) is 6.91. The maximum atomic E-state index is 6.11. The molecule has 0 amide bonds. The number of hydrogen-bond acceptors (Lipinski definition) is 5. The molecule has 23 heavy (non-hydrogen) atoms. The number of ether oxygens (including phenoxy) is 1. The Hall–Kier alpha value is -1.43. The van der Waals surface area contributed by atoms with Crippen LogP contribution in [-0.4, -0.2) is 48.3 Å². The summed E-state index contributed by atoms with van der Waals surface area (Å²) < 4.78 is 6.11. The minimum Gasteiger partial charge on any atom is -0.374 e. The van der Waals surface area contributed by atoms with Gasteiger partial charge in [0.15, 0.2) is 0 Å². The Morgan fingerprint density at radius 2 is 2.17 bits per heavy atom. The number of anilines is 1. The van der Waals surface area contributed by atoms with E-state index in [9.17, 15) is 0 Å². The predicted molar refractivity (Wildman–Crippen MR) is 93.9 cm³/mol. The zero-order valence-corrected chi connectivity index (χ0v) is 14.1. The number of rotatable bonds is 3. The van der Waals surface area contributed by atoms with Crippen LogP contribution in [0.2, 0.25) is 0 Å². The first kappa shape index (κ1) is 15.1. The molecule has 0 N–H and O–H groups in total. The van der Waals surface area contributed by atoms with E-state index in [2.05, 4.69) is 37.7 Å². The Balaban J connectivity index is 1.47. The Morgan fingerprint density at radius 1 is 1.22 bits per heavy atom. The van der Waals surface area contributed by atoms with Crippen LogP contribution in [0.4, 0.5) is 5.69 Å². The van der Waals surface area contributed by atoms with Crippen molar-refractivity contribution in [1.29, 1.82) is 0 Å². The number of hydrogen-bond donors (Lipinski definition) is 0. The molecule has 2 atom stereocenters. The molecule has 2 aromatic rings. The summed E-state index contributed by atoms with van der Waals surface area (Å²) in [5, 5.41) is 4.43. The highest BCUT2D eigenvalue weighted by molar-refractivity contribution is 7.07. The Labute approximate surface area is 141 Å². The second kappa shape index (κ2) is 6.99. The van der Waals surface area contributed by atoms with Gasteiger partial charge in [-0.05, 0) is 47.4 Å². The second-order valence-corrected chi connectivity index (χ2v) is 7.15. The number of nitrogens with zero attached hydrogens (tertiary/aromatic N) is 3. The molecule has 122 valence electrons. The lowest BCUT2D eigenvalue weighted by Gasteiger charge is -2.41. The fourth-order valence-corrected chi connectivity index (χ4v) is 4.44. The van der Waals surface area contributed by atoms with Crippen LogP contribution in [0.25, 0.3) is 0 Å². The van der Waals surface area contributed by atoms with Crippen LogP contribution in [0.1, 0.15) is 18.4 Å². The van der Waals surface area contributed by atoms with Gasteiger partial charge in [0.1, 0.15) is 0 Å². The van der Waals surface area contributed by atoms with Crippen molar-refractivity contribution in [3.63, 3.8) is 0 Å². The average Bonchev–Trinajstić information content (AvgIpc) is 3.02. The standard InChI is InChI=1S/C18H23N3OS/c1-2-16(12-19-6-1)21-9-10-22-18-4-8-20(7-3-17(18)21)13-15-5-11-23-14-15/h1-2,5-6,11-12,14,17-18H,3-4,7-10,13H2/t17-,18-/m1/s1. The van der Waals surface area contributed by atoms with E-state index in [-0.39, 0.29) is 0 Å². The van der Waals surface area contributed by atoms with Gasteiger partial charge in [0.05, 0.1) is 30.6 Å². The van der Waals surface area contributed by atoms with Crippen molar-refractivity contribution < 1.29 is 4.74 Å². The molecule has 2 saturated heterocycles. The van der Waals surface area contributed by atoms with Gasteiger partial charge in [0.25, 0.3) is 0 Å². The third-order valence-corrected chi connectivity index (χ3v) is 5.66. The van der Waals surface area contributed by atoms with Gasteiger partial charge < -0.3 is 9.64 Å². The molecule has 4 nitrogen and oxygen atoms in total. The number of likely N-dealkylation sites (tertiary alicyclic amines) is 1. The summed E-state index contributed by atoms with van der Waals surface area (Å²) >= 11 is 1.78. The summed E-state index contributed by atoms with van der Waals surface area (Å²) in [7, 11) is 0. The highest BCUT2D eigenvalue weighted by Gasteiger charge is 2.34. The van der Waals surface area contributed by atoms with Gasteiger partial charge in [-0.15, -0.1) is 0 Å². The molecule has 0 radical (unpaired) electrons. The summed E-state index contributed by atoms with van der Waals surface area (Å²) in [5.41, 5.74) is 2.67. The molecule has 4 rings (SSSR count). The average molecular weight is 329 g/mol. The normalized spacial score (nSPS) is 25.8. The second-order valence-electron chi connectivity index (χ2n) is 6.37. The van der Waals surface area contributed by atoms with Gasteiger partial charge in [0.2, 0.25) is 0 Å². The quantitative estimate of drug-likeness (QED) is 0.865. The third-order valence-electron chi connectivity index (χ3n) is 4.93. The predicted octanol–water partition coefficient (Wildman–Crippen LogP) is 3.01. The van der Waals surface area contributed by atoms with Crippen LogP contribution < -0.4 is 4.90 Å². The molecule has 2 fully saturated rings. The minimum atomic E-state index is 0.344. The van der Waals surface area contributed by atoms with E-state index in [4.69, 9.17) is 4.74 Å². The maximum Gasteiger partial charge on any atom is 0.0791 e. The molecule has 5 heteroatoms. The van der Waals surface area contributed by atoms with Crippen LogP contribution >= 0.6 is 11.3 Å². The first-order valence-electron chi connectivity index (χ1n) is 8.42. The van der Waals surface area contributed by atoms with E-state index in [0.717, 1.165) is 45.6 Å². The fraction of sp³-hybridized carbons (Fsp3) is 0.500. The smallest absolute Gasteiger partial charge is 0.0791 e. The van der Waals surface area contributed by atoms with Crippen LogP contribution in [0.15, 0.2) is 41.4 Å². The lowest BCUT2D eigenvalue weighted by Crippen LogP contribution is -2.51. The topological polar surface area (TPSA) is 28.6 Å². The fourth-order valence-electron chi connectivity index (χ4n) is 3.78. The van der Waals surface area contributed by atoms with Crippen molar-refractivity contribution in [2.24, 2.45) is 0 Å². The molecule has 4 heterocycles. The van der Waals surface area contributed by atoms with Gasteiger partial charge in [-0.1, -0.05) is 0 Å². The van der Waals surface area contributed by atoms with Crippen LogP contribution in [0.5, 0.6) is 0 Å². The summed E-state index contributed by atoms with van der Waals surface area (Å²) in [4.78, 5) is 9.38. The zero-order chi connectivity index (χ0) is 15.5. The van der Waals surface area contributed by atoms with E-state index in [1.54, 1.807) is 11.3 Å². The first-order valence-corrected chi connectivity index (χ1v) is 9.36. The molecule has 0 spiro atoms. The van der Waals surface area contributed by atoms with Gasteiger partial charge in [-0.25, -0.2) is 0 Å². The molecule has 2 aromatic heterocycles. The van der Waals surface area contributed by atoms with Crippen LogP contribution in [0, 0.1) is 0 Å². The van der Waals surface area contributed by atoms with Crippen molar-refractivity contribution in [1.82, 2.24) is 9.88 Å². The molecule has 0 unspecified atom stereocenters. The molecule has 0 bridgehead atoms. The highest BCUT2D eigenvalue weighted by Crippen LogP contribution is 2.28. The van der Waals surface area contributed by atoms with Crippen molar-refractivity contribution in [3.05, 3.63) is 46.9 Å². The number of pyridine rings is 1. The number of thiophene rings is 1. The van der Waals surface area contributed by atoms with E-state index in [0.29, 0.717) is 12.1 Å². The molecule has 0 aliphatic carbocycles. The molecular formula is C18H23N3OS. The SMILES string of the molecule is c1cncc(N2CCO[C@@H]3CCN(Cc4ccsc4)CC[C@H]32)c1. The van der Waals surface area contributed by atoms with Crippen molar-refractivity contribution >= 4 is 17.0 Å². The van der Waals surface area contributed by atoms with E-state index < -0.39 is 0 Å². The molecule has 2 aliphatic rings. The van der Waals surface area contributed by atoms with E-state index in [1.807, 2.05) is 18.5 Å². The first-order chi connectivity index (χ1) is 11.4. The monoisotopic (exact) mass is 329 g/mol. The van der Waals surface area contributed by atoms with Gasteiger partial charge in [-0.2, -0.15) is 11.3 Å². The maximum absolute atomic E-state index is 6.11. The Bertz CT molecular complexity index is 604. The largest absolute Gasteiger partial charge is 0.374 e. The van der Waals surface area contributed by atoms with Crippen LogP contribution in [0.3, 0.4) is 0 Å². The molecular weight excluding hydrogens is 306 g/mol. The lowest BCUT2D eigenvalue weighted by atomic mass is 10.0. The molecule has 2 aliphatic heterocycles. The van der Waals surface area contributed by atoms with Gasteiger partial charge in [0, 0.05) is 32.4 Å². The minimum absolute atomic E-state index is 0.344. The van der Waals surface area contributed by atoms with E-state index in [1.165, 1.54) is 11.3 Å².